The largest absolute Gasteiger partial charge is 0.475 e. The van der Waals surface area contributed by atoms with Crippen LogP contribution in [0.4, 0.5) is 20.7 Å². The first-order valence-corrected chi connectivity index (χ1v) is 23.1. The second-order valence-corrected chi connectivity index (χ2v) is 18.8. The van der Waals surface area contributed by atoms with Crippen LogP contribution in [0.1, 0.15) is 53.0 Å². The van der Waals surface area contributed by atoms with Gasteiger partial charge in [-0.2, -0.15) is 20.5 Å². The molecule has 0 aromatic carbocycles. The van der Waals surface area contributed by atoms with Gasteiger partial charge in [-0.1, -0.05) is 34.3 Å². The molecule has 4 aromatic heterocycles. The maximum absolute atomic E-state index is 17.1. The van der Waals surface area contributed by atoms with Crippen LogP contribution in [-0.2, 0) is 50.8 Å². The average molecular weight is 969 g/mol. The Labute approximate surface area is 371 Å². The number of anilines is 2. The first-order valence-electron chi connectivity index (χ1n) is 20.0. The van der Waals surface area contributed by atoms with E-state index in [0.29, 0.717) is 6.26 Å². The van der Waals surface area contributed by atoms with Crippen molar-refractivity contribution in [2.75, 3.05) is 37.1 Å². The van der Waals surface area contributed by atoms with Gasteiger partial charge >= 0.3 is 15.4 Å². The van der Waals surface area contributed by atoms with Crippen molar-refractivity contribution < 1.29 is 64.7 Å². The molecule has 0 saturated carbocycles. The molecule has 0 aliphatic carbocycles. The number of phosphoric ester groups is 1. The van der Waals surface area contributed by atoms with Crippen LogP contribution in [0.5, 0.6) is 0 Å². The molecule has 356 valence electrons. The van der Waals surface area contributed by atoms with Crippen molar-refractivity contribution in [3.05, 3.63) is 46.2 Å². The highest BCUT2D eigenvalue weighted by Gasteiger charge is 2.59. The number of nitrogens with zero attached hydrogens (tertiary/aromatic N) is 8. The zero-order valence-electron chi connectivity index (χ0n) is 35.4. The summed E-state index contributed by atoms with van der Waals surface area (Å²) < 4.78 is 104. The van der Waals surface area contributed by atoms with Crippen molar-refractivity contribution in [1.29, 1.82) is 10.5 Å². The van der Waals surface area contributed by atoms with Crippen molar-refractivity contribution in [1.82, 2.24) is 39.0 Å². The number of ether oxygens (including phenoxy) is 2. The Bertz CT molecular complexity index is 2750. The minimum Gasteiger partial charge on any atom is -0.433 e. The number of rotatable bonds is 21. The van der Waals surface area contributed by atoms with Crippen LogP contribution in [0.15, 0.2) is 35.1 Å². The first-order chi connectivity index (χ1) is 31.4. The van der Waals surface area contributed by atoms with E-state index in [9.17, 15) is 38.7 Å². The van der Waals surface area contributed by atoms with E-state index in [0.717, 1.165) is 21.8 Å². The number of halogens is 2. The summed E-state index contributed by atoms with van der Waals surface area (Å²) in [7, 11) is -10.0. The molecule has 10 atom stereocenters. The van der Waals surface area contributed by atoms with Gasteiger partial charge < -0.3 is 19.1 Å². The maximum atomic E-state index is 17.1. The predicted octanol–water partition coefficient (Wildman–Crippen LogP) is 3.00. The van der Waals surface area contributed by atoms with Crippen LogP contribution < -0.4 is 21.8 Å². The van der Waals surface area contributed by atoms with Gasteiger partial charge in [-0.05, 0) is 0 Å². The number of aliphatic hydroxyl groups is 1. The van der Waals surface area contributed by atoms with Crippen LogP contribution >= 0.6 is 15.4 Å². The van der Waals surface area contributed by atoms with Crippen LogP contribution in [-0.4, -0.2) is 119 Å². The first kappa shape index (κ1) is 49.6. The van der Waals surface area contributed by atoms with Crippen molar-refractivity contribution in [2.24, 2.45) is 11.8 Å². The number of alkyl halides is 2. The molecule has 4 aromatic rings. The lowest BCUT2D eigenvalue weighted by Gasteiger charge is -2.28. The molecule has 0 spiro atoms. The second-order valence-electron chi connectivity index (χ2n) is 15.1. The lowest BCUT2D eigenvalue weighted by atomic mass is 10.1. The summed E-state index contributed by atoms with van der Waals surface area (Å²) in [5, 5.41) is 33.5. The molecule has 66 heavy (non-hydrogen) atoms. The van der Waals surface area contributed by atoms with Gasteiger partial charge in [-0.25, -0.2) is 27.9 Å². The minimum atomic E-state index is -5.20. The number of H-pyrrole nitrogens is 2. The number of aliphatic hydroxyl groups excluding tert-OH is 1. The SMILES string of the molecule is C=COP(=O)(OCCC#N)[C@@H]1C(COP(=O)(OCCC#N)O[C@@H]2C(CO)OC(n3cnc4c(=O)[nH]c(NC(=O)C(C)C)nc43)[C@@H]2F)OC(n2cnc3c(=O)[nH]c(NC(=O)C(C)C)nc32)[C@@H]1F. The van der Waals surface area contributed by atoms with Gasteiger partial charge in [0.2, 0.25) is 23.7 Å². The fourth-order valence-corrected chi connectivity index (χ4v) is 10.0. The second kappa shape index (κ2) is 20.8. The summed E-state index contributed by atoms with van der Waals surface area (Å²) >= 11 is 0. The number of carbonyl (C=O) groups excluding carboxylic acids is 2. The highest BCUT2D eigenvalue weighted by Crippen LogP contribution is 2.62. The molecule has 6 unspecified atom stereocenters. The smallest absolute Gasteiger partial charge is 0.433 e. The average Bonchev–Trinajstić information content (AvgIpc) is 4.04. The number of hydrogen-bond acceptors (Lipinski definition) is 20. The maximum Gasteiger partial charge on any atom is 0.475 e. The van der Waals surface area contributed by atoms with Gasteiger partial charge in [-0.15, -0.1) is 0 Å². The summed E-state index contributed by atoms with van der Waals surface area (Å²) in [5.41, 5.74) is -4.87. The van der Waals surface area contributed by atoms with E-state index in [1.165, 1.54) is 0 Å². The molecule has 6 rings (SSSR count). The molecule has 26 nitrogen and oxygen atoms in total. The summed E-state index contributed by atoms with van der Waals surface area (Å²) in [6.07, 6.45) is -12.1. The minimum absolute atomic E-state index is 0.266. The van der Waals surface area contributed by atoms with E-state index in [1.54, 1.807) is 39.8 Å². The zero-order chi connectivity index (χ0) is 48.1. The fraction of sp³-hybridized carbons (Fsp3) is 0.556. The number of fused-ring (bicyclic) bond motifs is 2. The third-order valence-corrected chi connectivity index (χ3v) is 13.7. The van der Waals surface area contributed by atoms with Crippen molar-refractivity contribution in [2.45, 2.75) is 89.3 Å². The number of phosphoric acid groups is 1. The van der Waals surface area contributed by atoms with Crippen LogP contribution in [0.25, 0.3) is 22.3 Å². The Balaban J connectivity index is 1.33. The molecule has 2 fully saturated rings. The number of hydrogen-bond donors (Lipinski definition) is 5. The number of nitriles is 2. The number of carbonyl (C=O) groups is 2. The number of nitrogens with one attached hydrogen (secondary N) is 4. The molecular weight excluding hydrogens is 924 g/mol. The normalized spacial score (nSPS) is 24.8. The number of aromatic nitrogens is 8. The Morgan fingerprint density at radius 3 is 1.86 bits per heavy atom. The third kappa shape index (κ3) is 10.4. The summed E-state index contributed by atoms with van der Waals surface area (Å²) in [5.74, 6) is -2.72. The van der Waals surface area contributed by atoms with Gasteiger partial charge in [-0.3, -0.25) is 67.0 Å². The lowest BCUT2D eigenvalue weighted by molar-refractivity contribution is -0.119. The Kier molecular flexibility index (Phi) is 15.6. The molecular formula is C36H44F2N12O14P2. The zero-order valence-corrected chi connectivity index (χ0v) is 37.2. The Morgan fingerprint density at radius 1 is 0.879 bits per heavy atom. The van der Waals surface area contributed by atoms with E-state index in [4.69, 9.17) is 37.4 Å². The number of aromatic amines is 2. The molecule has 30 heteroatoms. The standard InChI is InChI=1S/C36H44F2N12O14P2/c1-6-58-65(56,59-11-7-9-39)26-20(63-34(22(26)38)50-16-42-24-28(50)44-36(48-32(24)55)46-30(53)18(4)5)14-61-66(57,60-12-8-10-40)64-25-19(13-51)62-33(21(25)37)49-15-41-23-27(49)43-35(47-31(23)54)45-29(52)17(2)3/h6,15-22,25-26,33-34,51H,1,7-8,11-14H2,2-5H3,(H2,43,45,47,52,54)(H2,44,46,48,53,55)/t19?,20?,21-,22-,25-,26-,33?,34?,65?,66?/m1/s1. The van der Waals surface area contributed by atoms with Crippen LogP contribution in [0.2, 0.25) is 0 Å². The lowest BCUT2D eigenvalue weighted by Crippen LogP contribution is -2.35. The van der Waals surface area contributed by atoms with E-state index in [1.807, 2.05) is 0 Å². The molecule has 2 amide bonds. The summed E-state index contributed by atoms with van der Waals surface area (Å²) in [4.78, 5) is 71.7. The van der Waals surface area contributed by atoms with Crippen molar-refractivity contribution >= 4 is 61.5 Å². The third-order valence-electron chi connectivity index (χ3n) is 9.87. The Hall–Kier alpha value is -5.80. The van der Waals surface area contributed by atoms with Crippen molar-refractivity contribution in [3.63, 3.8) is 0 Å². The molecule has 6 heterocycles. The topological polar surface area (TPSA) is 352 Å². The fourth-order valence-electron chi connectivity index (χ4n) is 6.62. The van der Waals surface area contributed by atoms with Gasteiger partial charge in [0.05, 0.1) is 70.3 Å². The highest BCUT2D eigenvalue weighted by molar-refractivity contribution is 7.55. The molecule has 0 bridgehead atoms. The molecule has 5 N–H and O–H groups in total. The van der Waals surface area contributed by atoms with E-state index in [2.05, 4.69) is 47.1 Å². The van der Waals surface area contributed by atoms with Gasteiger partial charge in [0, 0.05) is 11.8 Å². The quantitative estimate of drug-likeness (QED) is 0.0455. The van der Waals surface area contributed by atoms with Gasteiger partial charge in [0.15, 0.2) is 47.1 Å². The van der Waals surface area contributed by atoms with Gasteiger partial charge in [0.1, 0.15) is 24.0 Å². The number of imidazole rings is 2. The van der Waals surface area contributed by atoms with Crippen molar-refractivity contribution in [3.8, 4) is 12.1 Å². The molecule has 2 saturated heterocycles. The van der Waals surface area contributed by atoms with Crippen LogP contribution in [0, 0.1) is 34.5 Å². The van der Waals surface area contributed by atoms with E-state index >= 15 is 8.78 Å². The molecule has 2 aliphatic heterocycles. The summed E-state index contributed by atoms with van der Waals surface area (Å²) in [6.45, 7) is 6.49. The highest BCUT2D eigenvalue weighted by atomic mass is 31.2. The monoisotopic (exact) mass is 968 g/mol. The Morgan fingerprint density at radius 2 is 1.38 bits per heavy atom. The number of amides is 2. The predicted molar refractivity (Wildman–Crippen MR) is 221 cm³/mol. The molecule has 2 aliphatic rings. The van der Waals surface area contributed by atoms with E-state index in [-0.39, 0.29) is 40.6 Å². The van der Waals surface area contributed by atoms with Crippen LogP contribution in [0.3, 0.4) is 0 Å². The van der Waals surface area contributed by atoms with E-state index < -0.39 is 132 Å². The molecule has 0 radical (unpaired) electrons. The van der Waals surface area contributed by atoms with Gasteiger partial charge in [0.25, 0.3) is 11.1 Å². The summed E-state index contributed by atoms with van der Waals surface area (Å²) in [6, 6.07) is 3.53.